The van der Waals surface area contributed by atoms with Gasteiger partial charge in [0.25, 0.3) is 0 Å². The van der Waals surface area contributed by atoms with Gasteiger partial charge < -0.3 is 0 Å². The van der Waals surface area contributed by atoms with Crippen LogP contribution in [0.1, 0.15) is 38.5 Å². The minimum absolute atomic E-state index is 0.0191. The molecular formula is C13H20N4OS2. The Labute approximate surface area is 129 Å². The third-order valence-electron chi connectivity index (χ3n) is 3.92. The number of hydrogen-bond acceptors (Lipinski definition) is 5. The van der Waals surface area contributed by atoms with E-state index in [2.05, 4.69) is 19.9 Å². The second-order valence-corrected chi connectivity index (χ2v) is 7.06. The molecule has 0 aromatic heterocycles. The molecule has 0 aliphatic carbocycles. The molecule has 0 spiro atoms. The molecule has 0 aromatic carbocycles. The largest absolute Gasteiger partial charge is 0.284 e. The van der Waals surface area contributed by atoms with Crippen LogP contribution in [0.2, 0.25) is 0 Å². The summed E-state index contributed by atoms with van der Waals surface area (Å²) in [6.07, 6.45) is 6.61. The fraction of sp³-hybridized carbons (Fsp3) is 0.769. The van der Waals surface area contributed by atoms with Crippen LogP contribution < -0.4 is 0 Å². The van der Waals surface area contributed by atoms with E-state index in [4.69, 9.17) is 12.2 Å². The van der Waals surface area contributed by atoms with Gasteiger partial charge in [0.1, 0.15) is 0 Å². The van der Waals surface area contributed by atoms with Crippen LogP contribution >= 0.6 is 24.0 Å². The normalized spacial score (nSPS) is 25.3. The molecular weight excluding hydrogens is 292 g/mol. The molecule has 3 rings (SSSR count). The quantitative estimate of drug-likeness (QED) is 0.727. The van der Waals surface area contributed by atoms with Crippen LogP contribution in [0, 0.1) is 0 Å². The monoisotopic (exact) mass is 312 g/mol. The zero-order valence-electron chi connectivity index (χ0n) is 11.6. The molecule has 2 fully saturated rings. The third kappa shape index (κ3) is 3.15. The van der Waals surface area contributed by atoms with E-state index in [0.717, 1.165) is 42.2 Å². The summed E-state index contributed by atoms with van der Waals surface area (Å²) in [4.78, 5) is 18.2. The van der Waals surface area contributed by atoms with Crippen molar-refractivity contribution in [3.63, 3.8) is 0 Å². The van der Waals surface area contributed by atoms with E-state index in [1.165, 1.54) is 37.4 Å². The molecule has 0 unspecified atom stereocenters. The Balaban J connectivity index is 1.70. The van der Waals surface area contributed by atoms with E-state index in [-0.39, 0.29) is 5.91 Å². The lowest BCUT2D eigenvalue weighted by Crippen LogP contribution is -2.47. The van der Waals surface area contributed by atoms with Gasteiger partial charge in [-0.15, -0.1) is 0 Å². The zero-order valence-corrected chi connectivity index (χ0v) is 13.2. The first kappa shape index (κ1) is 14.3. The summed E-state index contributed by atoms with van der Waals surface area (Å²) < 4.78 is 0.822. The highest BCUT2D eigenvalue weighted by Crippen LogP contribution is 2.29. The topological polar surface area (TPSA) is 39.2 Å². The standard InChI is InChI=1S/C13H20N4OS2/c18-11-6-5-9-16-12(14-11)20-13(19)17(16)10-15-7-3-1-2-4-8-15/h1-10H2. The van der Waals surface area contributed by atoms with E-state index in [9.17, 15) is 4.79 Å². The van der Waals surface area contributed by atoms with Gasteiger partial charge in [-0.05, 0) is 44.1 Å². The molecule has 2 saturated heterocycles. The molecule has 3 aliphatic heterocycles. The molecule has 0 atom stereocenters. The van der Waals surface area contributed by atoms with Gasteiger partial charge >= 0.3 is 0 Å². The molecule has 1 amide bonds. The van der Waals surface area contributed by atoms with Crippen LogP contribution in [0.5, 0.6) is 0 Å². The van der Waals surface area contributed by atoms with Crippen molar-refractivity contribution in [3.8, 4) is 0 Å². The number of carbonyl (C=O) groups excluding carboxylic acids is 1. The van der Waals surface area contributed by atoms with Crippen LogP contribution in [0.3, 0.4) is 0 Å². The number of rotatable bonds is 2. The first-order chi connectivity index (χ1) is 9.74. The Hall–Kier alpha value is -0.660. The van der Waals surface area contributed by atoms with Crippen LogP contribution in [-0.4, -0.2) is 56.6 Å². The van der Waals surface area contributed by atoms with E-state index in [1.807, 2.05) is 0 Å². The molecule has 5 nitrogen and oxygen atoms in total. The van der Waals surface area contributed by atoms with Crippen molar-refractivity contribution >= 4 is 39.4 Å². The number of nitrogens with zero attached hydrogens (tertiary/aromatic N) is 4. The average Bonchev–Trinajstić information content (AvgIpc) is 2.66. The van der Waals surface area contributed by atoms with E-state index < -0.39 is 0 Å². The first-order valence-electron chi connectivity index (χ1n) is 7.35. The van der Waals surface area contributed by atoms with Crippen molar-refractivity contribution < 1.29 is 4.79 Å². The summed E-state index contributed by atoms with van der Waals surface area (Å²) in [7, 11) is 0. The van der Waals surface area contributed by atoms with Crippen LogP contribution in [0.15, 0.2) is 4.99 Å². The van der Waals surface area contributed by atoms with Gasteiger partial charge in [0.2, 0.25) is 5.91 Å². The number of amides is 1. The van der Waals surface area contributed by atoms with Crippen molar-refractivity contribution in [1.82, 2.24) is 14.9 Å². The molecule has 3 aliphatic rings. The van der Waals surface area contributed by atoms with Gasteiger partial charge in [0.15, 0.2) is 9.49 Å². The highest BCUT2D eigenvalue weighted by Gasteiger charge is 2.35. The lowest BCUT2D eigenvalue weighted by atomic mass is 10.2. The second kappa shape index (κ2) is 6.41. The van der Waals surface area contributed by atoms with Crippen molar-refractivity contribution in [2.24, 2.45) is 4.99 Å². The minimum Gasteiger partial charge on any atom is -0.284 e. The molecule has 110 valence electrons. The summed E-state index contributed by atoms with van der Waals surface area (Å²) in [5, 5.41) is 5.00. The molecule has 20 heavy (non-hydrogen) atoms. The number of likely N-dealkylation sites (tertiary alicyclic amines) is 1. The Morgan fingerprint density at radius 1 is 1.10 bits per heavy atom. The van der Waals surface area contributed by atoms with E-state index >= 15 is 0 Å². The molecule has 3 heterocycles. The fourth-order valence-electron chi connectivity index (χ4n) is 2.83. The summed E-state index contributed by atoms with van der Waals surface area (Å²) in [6.45, 7) is 3.96. The number of thioether (sulfide) groups is 1. The van der Waals surface area contributed by atoms with Gasteiger partial charge in [-0.1, -0.05) is 25.1 Å². The maximum atomic E-state index is 11.6. The average molecular weight is 312 g/mol. The smallest absolute Gasteiger partial charge is 0.248 e. The Morgan fingerprint density at radius 2 is 1.85 bits per heavy atom. The number of aliphatic imine (C=N–C) groups is 1. The van der Waals surface area contributed by atoms with Crippen molar-refractivity contribution in [2.75, 3.05) is 26.3 Å². The minimum atomic E-state index is -0.0191. The van der Waals surface area contributed by atoms with Gasteiger partial charge in [0.05, 0.1) is 6.67 Å². The molecule has 0 bridgehead atoms. The van der Waals surface area contributed by atoms with E-state index in [1.54, 1.807) is 0 Å². The molecule has 0 radical (unpaired) electrons. The molecule has 0 aromatic rings. The maximum absolute atomic E-state index is 11.6. The highest BCUT2D eigenvalue weighted by molar-refractivity contribution is 8.33. The number of hydrazine groups is 1. The summed E-state index contributed by atoms with van der Waals surface area (Å²) >= 11 is 6.92. The van der Waals surface area contributed by atoms with Gasteiger partial charge in [-0.3, -0.25) is 19.7 Å². The fourth-order valence-corrected chi connectivity index (χ4v) is 4.07. The van der Waals surface area contributed by atoms with Gasteiger partial charge in [-0.2, -0.15) is 4.99 Å². The zero-order chi connectivity index (χ0) is 13.9. The van der Waals surface area contributed by atoms with Gasteiger partial charge in [0, 0.05) is 13.0 Å². The second-order valence-electron chi connectivity index (χ2n) is 5.46. The number of carbonyl (C=O) groups is 1. The lowest BCUT2D eigenvalue weighted by molar-refractivity contribution is -0.117. The number of fused-ring (bicyclic) bond motifs is 1. The summed E-state index contributed by atoms with van der Waals surface area (Å²) in [5.41, 5.74) is 0. The van der Waals surface area contributed by atoms with Crippen LogP contribution in [0.4, 0.5) is 0 Å². The Morgan fingerprint density at radius 3 is 2.60 bits per heavy atom. The van der Waals surface area contributed by atoms with Crippen LogP contribution in [-0.2, 0) is 4.79 Å². The molecule has 7 heteroatoms. The van der Waals surface area contributed by atoms with Crippen molar-refractivity contribution in [3.05, 3.63) is 0 Å². The van der Waals surface area contributed by atoms with E-state index in [0.29, 0.717) is 6.42 Å². The first-order valence-corrected chi connectivity index (χ1v) is 8.57. The number of hydrogen-bond donors (Lipinski definition) is 0. The highest BCUT2D eigenvalue weighted by atomic mass is 32.2. The Bertz CT molecular complexity index is 432. The predicted octanol–water partition coefficient (Wildman–Crippen LogP) is 2.05. The van der Waals surface area contributed by atoms with Crippen LogP contribution in [0.25, 0.3) is 0 Å². The number of thiocarbonyl (C=S) groups is 1. The number of amidine groups is 1. The summed E-state index contributed by atoms with van der Waals surface area (Å²) in [5.74, 6) is -0.0191. The maximum Gasteiger partial charge on any atom is 0.248 e. The predicted molar refractivity (Wildman–Crippen MR) is 85.3 cm³/mol. The lowest BCUT2D eigenvalue weighted by Gasteiger charge is -2.33. The van der Waals surface area contributed by atoms with Crippen molar-refractivity contribution in [1.29, 1.82) is 0 Å². The molecule has 0 saturated carbocycles. The third-order valence-corrected chi connectivity index (χ3v) is 5.25. The van der Waals surface area contributed by atoms with Gasteiger partial charge in [-0.25, -0.2) is 0 Å². The van der Waals surface area contributed by atoms with Crippen molar-refractivity contribution in [2.45, 2.75) is 38.5 Å². The summed E-state index contributed by atoms with van der Waals surface area (Å²) in [6, 6.07) is 0. The molecule has 0 N–H and O–H groups in total. The Kier molecular flexibility index (Phi) is 4.58. The SMILES string of the molecule is O=C1CCCN2C(=N1)SC(=S)N2CN1CCCCCC1.